The summed E-state index contributed by atoms with van der Waals surface area (Å²) in [4.78, 5) is 0. The molecule has 0 bridgehead atoms. The Kier molecular flexibility index (Phi) is 4.81. The van der Waals surface area contributed by atoms with Crippen LogP contribution in [0.5, 0.6) is 0 Å². The highest BCUT2D eigenvalue weighted by molar-refractivity contribution is 6.31. The summed E-state index contributed by atoms with van der Waals surface area (Å²) in [5.74, 6) is 0. The second-order valence-electron chi connectivity index (χ2n) is 4.20. The zero-order valence-electron chi connectivity index (χ0n) is 10.3. The number of hydrogen-bond acceptors (Lipinski definition) is 2. The third-order valence-electron chi connectivity index (χ3n) is 2.92. The van der Waals surface area contributed by atoms with Crippen molar-refractivity contribution in [2.24, 2.45) is 0 Å². The summed E-state index contributed by atoms with van der Waals surface area (Å²) in [7, 11) is 0. The van der Waals surface area contributed by atoms with Crippen LogP contribution < -0.4 is 0 Å². The minimum atomic E-state index is -0.836. The Morgan fingerprint density at radius 1 is 1.38 bits per heavy atom. The van der Waals surface area contributed by atoms with Crippen LogP contribution in [0.2, 0.25) is 5.02 Å². The number of hydrogen-bond donors (Lipinski definition) is 1. The van der Waals surface area contributed by atoms with E-state index in [1.165, 1.54) is 0 Å². The van der Waals surface area contributed by atoms with Crippen molar-refractivity contribution in [3.8, 4) is 0 Å². The van der Waals surface area contributed by atoms with Gasteiger partial charge in [0.1, 0.15) is 5.60 Å². The first kappa shape index (κ1) is 13.5. The highest BCUT2D eigenvalue weighted by atomic mass is 35.5. The minimum absolute atomic E-state index is 0.575. The van der Waals surface area contributed by atoms with Crippen molar-refractivity contribution in [3.63, 3.8) is 0 Å². The molecule has 4 heteroatoms. The van der Waals surface area contributed by atoms with Crippen molar-refractivity contribution in [1.29, 1.82) is 0 Å². The van der Waals surface area contributed by atoms with Crippen LogP contribution in [0.3, 0.4) is 0 Å². The van der Waals surface area contributed by atoms with E-state index in [1.807, 2.05) is 11.6 Å². The Bertz CT molecular complexity index is 338. The molecule has 0 spiro atoms. The molecule has 1 aromatic rings. The van der Waals surface area contributed by atoms with Gasteiger partial charge in [0.05, 0.1) is 16.9 Å². The molecule has 0 amide bonds. The van der Waals surface area contributed by atoms with Crippen LogP contribution in [-0.4, -0.2) is 14.9 Å². The zero-order valence-corrected chi connectivity index (χ0v) is 11.1. The van der Waals surface area contributed by atoms with E-state index in [2.05, 4.69) is 18.9 Å². The van der Waals surface area contributed by atoms with Gasteiger partial charge in [0, 0.05) is 6.54 Å². The van der Waals surface area contributed by atoms with Gasteiger partial charge < -0.3 is 5.11 Å². The average Bonchev–Trinajstić information content (AvgIpc) is 2.61. The molecular weight excluding hydrogens is 224 g/mol. The number of halogens is 1. The summed E-state index contributed by atoms with van der Waals surface area (Å²) < 4.78 is 1.83. The Labute approximate surface area is 102 Å². The van der Waals surface area contributed by atoms with Gasteiger partial charge in [-0.3, -0.25) is 4.68 Å². The van der Waals surface area contributed by atoms with Gasteiger partial charge in [-0.05, 0) is 19.3 Å². The first-order chi connectivity index (χ1) is 7.59. The van der Waals surface area contributed by atoms with E-state index < -0.39 is 5.60 Å². The van der Waals surface area contributed by atoms with Crippen LogP contribution in [0.25, 0.3) is 0 Å². The molecule has 0 saturated heterocycles. The number of nitrogens with zero attached hydrogens (tertiary/aromatic N) is 2. The Balaban J connectivity index is 3.11. The summed E-state index contributed by atoms with van der Waals surface area (Å²) in [6.45, 7) is 6.93. The van der Waals surface area contributed by atoms with Gasteiger partial charge in [-0.25, -0.2) is 0 Å². The number of aliphatic hydroxyl groups is 1. The molecule has 0 aromatic carbocycles. The van der Waals surface area contributed by atoms with E-state index in [0.29, 0.717) is 11.4 Å². The third-order valence-corrected chi connectivity index (χ3v) is 3.20. The minimum Gasteiger partial charge on any atom is -0.384 e. The van der Waals surface area contributed by atoms with Gasteiger partial charge in [0.2, 0.25) is 0 Å². The first-order valence-corrected chi connectivity index (χ1v) is 6.41. The van der Waals surface area contributed by atoms with Crippen LogP contribution in [-0.2, 0) is 12.1 Å². The second kappa shape index (κ2) is 5.69. The molecule has 92 valence electrons. The van der Waals surface area contributed by atoms with Crippen molar-refractivity contribution >= 4 is 11.6 Å². The molecule has 0 aliphatic carbocycles. The molecule has 0 aliphatic rings. The molecule has 1 aromatic heterocycles. The summed E-state index contributed by atoms with van der Waals surface area (Å²) in [5.41, 5.74) is -0.0577. The van der Waals surface area contributed by atoms with Crippen LogP contribution in [0.1, 0.15) is 52.1 Å². The summed E-state index contributed by atoms with van der Waals surface area (Å²) in [6, 6.07) is 0. The van der Waals surface area contributed by atoms with Crippen LogP contribution in [0.4, 0.5) is 0 Å². The molecule has 1 rings (SSSR count). The Morgan fingerprint density at radius 3 is 2.56 bits per heavy atom. The lowest BCUT2D eigenvalue weighted by Gasteiger charge is -2.27. The van der Waals surface area contributed by atoms with Crippen molar-refractivity contribution < 1.29 is 5.11 Å². The summed E-state index contributed by atoms with van der Waals surface area (Å²) >= 11 is 6.14. The largest absolute Gasteiger partial charge is 0.384 e. The Hall–Kier alpha value is -0.540. The SMILES string of the molecule is CCCn1ncc(Cl)c1C(O)(CC)CCC. The van der Waals surface area contributed by atoms with Gasteiger partial charge in [0.15, 0.2) is 0 Å². The van der Waals surface area contributed by atoms with Crippen molar-refractivity contribution in [2.75, 3.05) is 0 Å². The van der Waals surface area contributed by atoms with Crippen molar-refractivity contribution in [3.05, 3.63) is 16.9 Å². The number of rotatable bonds is 6. The highest BCUT2D eigenvalue weighted by Crippen LogP contribution is 2.34. The molecule has 0 fully saturated rings. The van der Waals surface area contributed by atoms with Gasteiger partial charge in [-0.2, -0.15) is 5.10 Å². The molecular formula is C12H21ClN2O. The Morgan fingerprint density at radius 2 is 2.06 bits per heavy atom. The second-order valence-corrected chi connectivity index (χ2v) is 4.61. The van der Waals surface area contributed by atoms with Crippen LogP contribution >= 0.6 is 11.6 Å². The number of aromatic nitrogens is 2. The average molecular weight is 245 g/mol. The van der Waals surface area contributed by atoms with Gasteiger partial charge in [0.25, 0.3) is 0 Å². The monoisotopic (exact) mass is 244 g/mol. The fourth-order valence-corrected chi connectivity index (χ4v) is 2.40. The quantitative estimate of drug-likeness (QED) is 0.834. The van der Waals surface area contributed by atoms with E-state index in [1.54, 1.807) is 6.20 Å². The maximum atomic E-state index is 10.6. The molecule has 1 heterocycles. The smallest absolute Gasteiger partial charge is 0.107 e. The fraction of sp³-hybridized carbons (Fsp3) is 0.750. The maximum Gasteiger partial charge on any atom is 0.107 e. The van der Waals surface area contributed by atoms with E-state index in [9.17, 15) is 5.11 Å². The number of aryl methyl sites for hydroxylation is 1. The van der Waals surface area contributed by atoms with Crippen LogP contribution in [0, 0.1) is 0 Å². The molecule has 1 N–H and O–H groups in total. The van der Waals surface area contributed by atoms with Crippen molar-refractivity contribution in [1.82, 2.24) is 9.78 Å². The molecule has 1 atom stereocenters. The first-order valence-electron chi connectivity index (χ1n) is 6.03. The van der Waals surface area contributed by atoms with E-state index in [0.717, 1.165) is 31.5 Å². The van der Waals surface area contributed by atoms with E-state index in [-0.39, 0.29) is 0 Å². The molecule has 3 nitrogen and oxygen atoms in total. The standard InChI is InChI=1S/C12H21ClN2O/c1-4-7-12(16,6-3)11-10(13)9-14-15(11)8-5-2/h9,16H,4-8H2,1-3H3. The maximum absolute atomic E-state index is 10.6. The predicted octanol–water partition coefficient (Wildman–Crippen LogP) is 3.34. The van der Waals surface area contributed by atoms with Gasteiger partial charge >= 0.3 is 0 Å². The summed E-state index contributed by atoms with van der Waals surface area (Å²) in [5, 5.41) is 15.4. The lowest BCUT2D eigenvalue weighted by molar-refractivity contribution is 0.0137. The van der Waals surface area contributed by atoms with Crippen molar-refractivity contribution in [2.45, 2.75) is 58.6 Å². The fourth-order valence-electron chi connectivity index (χ4n) is 2.08. The molecule has 0 saturated carbocycles. The van der Waals surface area contributed by atoms with Gasteiger partial charge in [-0.1, -0.05) is 38.8 Å². The molecule has 16 heavy (non-hydrogen) atoms. The highest BCUT2D eigenvalue weighted by Gasteiger charge is 2.32. The topological polar surface area (TPSA) is 38.0 Å². The predicted molar refractivity (Wildman–Crippen MR) is 66.6 cm³/mol. The molecule has 0 aliphatic heterocycles. The summed E-state index contributed by atoms with van der Waals surface area (Å²) in [6.07, 6.45) is 4.92. The third kappa shape index (κ3) is 2.58. The van der Waals surface area contributed by atoms with Crippen LogP contribution in [0.15, 0.2) is 6.20 Å². The molecule has 1 unspecified atom stereocenters. The van der Waals surface area contributed by atoms with Gasteiger partial charge in [-0.15, -0.1) is 0 Å². The molecule has 0 radical (unpaired) electrons. The zero-order chi connectivity index (χ0) is 12.2. The van der Waals surface area contributed by atoms with E-state index in [4.69, 9.17) is 11.6 Å². The lowest BCUT2D eigenvalue weighted by Crippen LogP contribution is -2.28. The van der Waals surface area contributed by atoms with E-state index >= 15 is 0 Å². The normalized spacial score (nSPS) is 15.1. The lowest BCUT2D eigenvalue weighted by atomic mass is 9.91.